The highest BCUT2D eigenvalue weighted by molar-refractivity contribution is 5.45. The van der Waals surface area contributed by atoms with Crippen molar-refractivity contribution in [3.63, 3.8) is 0 Å². The first-order chi connectivity index (χ1) is 3.93. The zero-order valence-electron chi connectivity index (χ0n) is 4.29. The van der Waals surface area contributed by atoms with E-state index < -0.39 is 6.41 Å². The van der Waals surface area contributed by atoms with Crippen LogP contribution in [0, 0.1) is 0 Å². The van der Waals surface area contributed by atoms with E-state index >= 15 is 0 Å². The fraction of sp³-hybridized carbons (Fsp3) is 0.750. The Hall–Kier alpha value is -0.610. The first kappa shape index (κ1) is 5.53. The number of carbonyl (C=O) groups is 1. The lowest BCUT2D eigenvalue weighted by Crippen LogP contribution is -2.27. The average Bonchev–Trinajstić information content (AvgIpc) is 2.19. The van der Waals surface area contributed by atoms with E-state index in [1.807, 2.05) is 0 Å². The monoisotopic (exact) mass is 117 g/mol. The standard InChI is InChI=1S/C4H7NO3/c6-3-5-4-7-1-2-8-4/h3-4H,1-2H2,(H,5,6). The molecule has 4 nitrogen and oxygen atoms in total. The van der Waals surface area contributed by atoms with Gasteiger partial charge < -0.3 is 14.8 Å². The van der Waals surface area contributed by atoms with Crippen LogP contribution in [0.5, 0.6) is 0 Å². The summed E-state index contributed by atoms with van der Waals surface area (Å²) in [5.41, 5.74) is 0. The molecule has 0 aliphatic carbocycles. The van der Waals surface area contributed by atoms with Crippen LogP contribution < -0.4 is 5.32 Å². The van der Waals surface area contributed by atoms with Gasteiger partial charge in [0, 0.05) is 0 Å². The van der Waals surface area contributed by atoms with E-state index in [9.17, 15) is 4.79 Å². The molecule has 0 aromatic carbocycles. The predicted molar refractivity (Wildman–Crippen MR) is 24.9 cm³/mol. The molecule has 1 fully saturated rings. The first-order valence-electron chi connectivity index (χ1n) is 2.36. The van der Waals surface area contributed by atoms with Crippen LogP contribution in [0.3, 0.4) is 0 Å². The highest BCUT2D eigenvalue weighted by Gasteiger charge is 2.12. The number of hydrogen-bond donors (Lipinski definition) is 1. The zero-order valence-corrected chi connectivity index (χ0v) is 4.29. The molecule has 0 spiro atoms. The molecule has 1 amide bonds. The molecule has 8 heavy (non-hydrogen) atoms. The lowest BCUT2D eigenvalue weighted by Gasteiger charge is -2.03. The summed E-state index contributed by atoms with van der Waals surface area (Å²) in [4.78, 5) is 9.69. The lowest BCUT2D eigenvalue weighted by molar-refractivity contribution is -0.122. The maximum Gasteiger partial charge on any atom is 0.240 e. The minimum absolute atomic E-state index is 0.507. The summed E-state index contributed by atoms with van der Waals surface area (Å²) in [6, 6.07) is 0. The van der Waals surface area contributed by atoms with Crippen molar-refractivity contribution in [1.82, 2.24) is 5.32 Å². The van der Waals surface area contributed by atoms with Gasteiger partial charge in [-0.15, -0.1) is 0 Å². The molecule has 0 bridgehead atoms. The van der Waals surface area contributed by atoms with E-state index in [1.54, 1.807) is 0 Å². The van der Waals surface area contributed by atoms with Crippen molar-refractivity contribution in [2.45, 2.75) is 6.41 Å². The number of ether oxygens (including phenoxy) is 2. The van der Waals surface area contributed by atoms with Crippen LogP contribution in [0.1, 0.15) is 0 Å². The van der Waals surface area contributed by atoms with E-state index in [0.29, 0.717) is 19.6 Å². The molecular weight excluding hydrogens is 110 g/mol. The minimum Gasteiger partial charge on any atom is -0.333 e. The van der Waals surface area contributed by atoms with Gasteiger partial charge in [0.1, 0.15) is 0 Å². The molecule has 0 aromatic heterocycles. The molecular formula is C4H7NO3. The Bertz CT molecular complexity index is 79.4. The van der Waals surface area contributed by atoms with E-state index in [-0.39, 0.29) is 0 Å². The van der Waals surface area contributed by atoms with Crippen molar-refractivity contribution in [3.05, 3.63) is 0 Å². The second kappa shape index (κ2) is 2.64. The summed E-state index contributed by atoms with van der Waals surface area (Å²) in [5.74, 6) is 0. The Morgan fingerprint density at radius 3 is 2.62 bits per heavy atom. The van der Waals surface area contributed by atoms with Crippen LogP contribution in [0.2, 0.25) is 0 Å². The van der Waals surface area contributed by atoms with Gasteiger partial charge in [-0.25, -0.2) is 0 Å². The van der Waals surface area contributed by atoms with Crippen LogP contribution in [0.4, 0.5) is 0 Å². The fourth-order valence-corrected chi connectivity index (χ4v) is 0.510. The van der Waals surface area contributed by atoms with Gasteiger partial charge in [0.2, 0.25) is 12.8 Å². The third-order valence-electron chi connectivity index (χ3n) is 0.826. The molecule has 1 aliphatic rings. The molecule has 1 aliphatic heterocycles. The summed E-state index contributed by atoms with van der Waals surface area (Å²) in [5, 5.41) is 2.32. The van der Waals surface area contributed by atoms with E-state index in [2.05, 4.69) is 5.32 Å². The Morgan fingerprint density at radius 1 is 1.50 bits per heavy atom. The van der Waals surface area contributed by atoms with Crippen molar-refractivity contribution in [2.75, 3.05) is 13.2 Å². The first-order valence-corrected chi connectivity index (χ1v) is 2.36. The topological polar surface area (TPSA) is 47.6 Å². The van der Waals surface area contributed by atoms with Gasteiger partial charge in [-0.3, -0.25) is 4.79 Å². The Balaban J connectivity index is 2.14. The smallest absolute Gasteiger partial charge is 0.240 e. The second-order valence-electron chi connectivity index (χ2n) is 1.36. The molecule has 1 rings (SSSR count). The summed E-state index contributed by atoms with van der Waals surface area (Å²) >= 11 is 0. The van der Waals surface area contributed by atoms with Crippen molar-refractivity contribution in [3.8, 4) is 0 Å². The van der Waals surface area contributed by atoms with Crippen molar-refractivity contribution >= 4 is 6.41 Å². The van der Waals surface area contributed by atoms with Crippen LogP contribution in [0.15, 0.2) is 0 Å². The van der Waals surface area contributed by atoms with E-state index in [1.165, 1.54) is 0 Å². The largest absolute Gasteiger partial charge is 0.333 e. The third-order valence-corrected chi connectivity index (χ3v) is 0.826. The molecule has 1 N–H and O–H groups in total. The number of carbonyl (C=O) groups excluding carboxylic acids is 1. The van der Waals surface area contributed by atoms with E-state index in [0.717, 1.165) is 0 Å². The van der Waals surface area contributed by atoms with Gasteiger partial charge >= 0.3 is 0 Å². The maximum atomic E-state index is 9.69. The van der Waals surface area contributed by atoms with Gasteiger partial charge in [0.05, 0.1) is 13.2 Å². The molecule has 46 valence electrons. The van der Waals surface area contributed by atoms with Gasteiger partial charge in [-0.2, -0.15) is 0 Å². The second-order valence-corrected chi connectivity index (χ2v) is 1.36. The maximum absolute atomic E-state index is 9.69. The van der Waals surface area contributed by atoms with Gasteiger partial charge in [-0.1, -0.05) is 0 Å². The lowest BCUT2D eigenvalue weighted by atomic mass is 10.8. The quantitative estimate of drug-likeness (QED) is 0.475. The van der Waals surface area contributed by atoms with Crippen LogP contribution in [0.25, 0.3) is 0 Å². The SMILES string of the molecule is O=CNC1OCCO1. The highest BCUT2D eigenvalue weighted by Crippen LogP contribution is 1.97. The Morgan fingerprint density at radius 2 is 2.12 bits per heavy atom. The number of rotatable bonds is 2. The minimum atomic E-state index is -0.507. The summed E-state index contributed by atoms with van der Waals surface area (Å²) in [7, 11) is 0. The van der Waals surface area contributed by atoms with Crippen molar-refractivity contribution < 1.29 is 14.3 Å². The number of hydrogen-bond acceptors (Lipinski definition) is 3. The molecule has 4 heteroatoms. The molecule has 1 heterocycles. The van der Waals surface area contributed by atoms with Crippen LogP contribution in [-0.4, -0.2) is 26.0 Å². The Kier molecular flexibility index (Phi) is 1.82. The summed E-state index contributed by atoms with van der Waals surface area (Å²) < 4.78 is 9.66. The van der Waals surface area contributed by atoms with Crippen LogP contribution >= 0.6 is 0 Å². The highest BCUT2D eigenvalue weighted by atomic mass is 16.7. The number of nitrogens with one attached hydrogen (secondary N) is 1. The van der Waals surface area contributed by atoms with Crippen LogP contribution in [-0.2, 0) is 14.3 Å². The van der Waals surface area contributed by atoms with Crippen molar-refractivity contribution in [2.24, 2.45) is 0 Å². The Labute approximate surface area is 46.8 Å². The number of amides is 1. The zero-order chi connectivity index (χ0) is 5.82. The van der Waals surface area contributed by atoms with Gasteiger partial charge in [-0.05, 0) is 0 Å². The molecule has 0 aromatic rings. The predicted octanol–water partition coefficient (Wildman–Crippen LogP) is -0.937. The molecule has 1 saturated heterocycles. The van der Waals surface area contributed by atoms with Gasteiger partial charge in [0.15, 0.2) is 0 Å². The normalized spacial score (nSPS) is 21.0. The summed E-state index contributed by atoms with van der Waals surface area (Å²) in [6.07, 6.45) is 0.0446. The molecule has 0 unspecified atom stereocenters. The summed E-state index contributed by atoms with van der Waals surface area (Å²) in [6.45, 7) is 1.12. The van der Waals surface area contributed by atoms with Gasteiger partial charge in [0.25, 0.3) is 0 Å². The molecule has 0 saturated carbocycles. The molecule has 0 radical (unpaired) electrons. The third kappa shape index (κ3) is 1.18. The van der Waals surface area contributed by atoms with E-state index in [4.69, 9.17) is 9.47 Å². The van der Waals surface area contributed by atoms with Crippen molar-refractivity contribution in [1.29, 1.82) is 0 Å². The fourth-order valence-electron chi connectivity index (χ4n) is 0.510. The molecule has 0 atom stereocenters. The average molecular weight is 117 g/mol.